The molecule has 9 nitrogen and oxygen atoms in total. The lowest BCUT2D eigenvalue weighted by molar-refractivity contribution is 0.0450. The molecule has 0 aliphatic rings. The first-order chi connectivity index (χ1) is 15.1. The van der Waals surface area contributed by atoms with Gasteiger partial charge in [0.15, 0.2) is 0 Å². The first-order valence-electron chi connectivity index (χ1n) is 10.8. The molecule has 0 saturated carbocycles. The number of aryl methyl sites for hydroxylation is 1. The number of rotatable bonds is 14. The maximum Gasteiger partial charge on any atom is 0.299 e. The Kier molecular flexibility index (Phi) is 22.8. The second kappa shape index (κ2) is 21.9. The van der Waals surface area contributed by atoms with Crippen molar-refractivity contribution in [1.82, 2.24) is 0 Å². The summed E-state index contributed by atoms with van der Waals surface area (Å²) in [5.41, 5.74) is 0.726. The molecule has 0 aliphatic carbocycles. The van der Waals surface area contributed by atoms with Crippen LogP contribution in [0.25, 0.3) is 0 Å². The maximum absolute atomic E-state index is 11.3. The molecule has 1 aromatic rings. The highest BCUT2D eigenvalue weighted by atomic mass is 32.2. The molecule has 1 aromatic carbocycles. The van der Waals surface area contributed by atoms with E-state index in [2.05, 4.69) is 6.92 Å². The Hall–Kier alpha value is -0.920. The van der Waals surface area contributed by atoms with Crippen molar-refractivity contribution in [2.75, 3.05) is 13.2 Å². The Labute approximate surface area is 194 Å². The van der Waals surface area contributed by atoms with Gasteiger partial charge < -0.3 is 15.3 Å². The molecule has 32 heavy (non-hydrogen) atoms. The van der Waals surface area contributed by atoms with E-state index in [4.69, 9.17) is 28.6 Å². The summed E-state index contributed by atoms with van der Waals surface area (Å²) in [5.74, 6) is 0. The third-order valence-electron chi connectivity index (χ3n) is 4.47. The van der Waals surface area contributed by atoms with Gasteiger partial charge in [0.1, 0.15) is 6.10 Å². The third kappa shape index (κ3) is 22.3. The Morgan fingerprint density at radius 1 is 0.844 bits per heavy atom. The average molecular weight is 501 g/mol. The summed E-state index contributed by atoms with van der Waals surface area (Å²) < 4.78 is 54.6. The van der Waals surface area contributed by atoms with Crippen molar-refractivity contribution >= 4 is 21.5 Å². The number of aliphatic hydroxyl groups is 3. The Morgan fingerprint density at radius 2 is 1.25 bits per heavy atom. The maximum atomic E-state index is 11.3. The molecule has 190 valence electrons. The molecule has 6 N–H and O–H groups in total. The normalized spacial score (nSPS) is 11.0. The van der Waals surface area contributed by atoms with Crippen LogP contribution in [0, 0.1) is 0 Å². The standard InChI is InChI=1S/C18H30O3S.C3H8O3.H2O3S/c1-2-3-4-5-6-7-8-9-10-11-14-17-15-12-13-16-18(17)22(19,20)21;4-1-3(6)2-5;1-4(2)3/h12-13,15-16H,2-11,14H2,1H3,(H,19,20,21);3-6H,1-2H2;(H2,1,2,3). The molecule has 0 amide bonds. The van der Waals surface area contributed by atoms with Crippen LogP contribution < -0.4 is 0 Å². The lowest BCUT2D eigenvalue weighted by Gasteiger charge is -2.07. The van der Waals surface area contributed by atoms with Crippen LogP contribution in [-0.4, -0.2) is 60.9 Å². The van der Waals surface area contributed by atoms with Gasteiger partial charge in [-0.2, -0.15) is 12.6 Å². The molecule has 0 aliphatic heterocycles. The van der Waals surface area contributed by atoms with Gasteiger partial charge in [-0.25, -0.2) is 0 Å². The SMILES string of the molecule is CCCCCCCCCCCCc1ccccc1S(=O)(=O)O.O=S(O)O.OCC(O)CO. The van der Waals surface area contributed by atoms with Crippen molar-refractivity contribution in [2.45, 2.75) is 88.6 Å². The first-order valence-corrected chi connectivity index (χ1v) is 13.4. The van der Waals surface area contributed by atoms with Crippen molar-refractivity contribution in [1.29, 1.82) is 0 Å². The van der Waals surface area contributed by atoms with Gasteiger partial charge in [-0.1, -0.05) is 82.9 Å². The van der Waals surface area contributed by atoms with Crippen molar-refractivity contribution in [3.63, 3.8) is 0 Å². The molecule has 11 heteroatoms. The molecule has 0 aromatic heterocycles. The van der Waals surface area contributed by atoms with Crippen LogP contribution in [0.15, 0.2) is 29.2 Å². The monoisotopic (exact) mass is 500 g/mol. The molecule has 0 atom stereocenters. The van der Waals surface area contributed by atoms with Gasteiger partial charge in [0.05, 0.1) is 18.1 Å². The van der Waals surface area contributed by atoms with Gasteiger partial charge in [0.2, 0.25) is 0 Å². The largest absolute Gasteiger partial charge is 0.394 e. The lowest BCUT2D eigenvalue weighted by atomic mass is 10.0. The fraction of sp³-hybridized carbons (Fsp3) is 0.714. The third-order valence-corrected chi connectivity index (χ3v) is 5.43. The van der Waals surface area contributed by atoms with Gasteiger partial charge >= 0.3 is 0 Å². The number of aliphatic hydroxyl groups excluding tert-OH is 3. The summed E-state index contributed by atoms with van der Waals surface area (Å²) in [7, 11) is -4.10. The predicted octanol–water partition coefficient (Wildman–Crippen LogP) is 3.41. The number of unbranched alkanes of at least 4 members (excludes halogenated alkanes) is 9. The molecule has 0 heterocycles. The van der Waals surface area contributed by atoms with Gasteiger partial charge in [0.25, 0.3) is 21.5 Å². The Bertz CT molecular complexity index is 674. The molecule has 0 bridgehead atoms. The van der Waals surface area contributed by atoms with E-state index < -0.39 is 27.6 Å². The number of hydrogen-bond donors (Lipinski definition) is 6. The number of benzene rings is 1. The summed E-state index contributed by atoms with van der Waals surface area (Å²) in [5, 5.41) is 24.0. The second-order valence-electron chi connectivity index (χ2n) is 7.26. The van der Waals surface area contributed by atoms with Gasteiger partial charge in [-0.05, 0) is 24.5 Å². The van der Waals surface area contributed by atoms with E-state index in [0.29, 0.717) is 6.42 Å². The minimum absolute atomic E-state index is 0.0610. The van der Waals surface area contributed by atoms with E-state index in [1.165, 1.54) is 57.4 Å². The van der Waals surface area contributed by atoms with Crippen molar-refractivity contribution in [2.24, 2.45) is 0 Å². The van der Waals surface area contributed by atoms with Crippen LogP contribution in [0.1, 0.15) is 76.7 Å². The first kappa shape index (κ1) is 33.3. The van der Waals surface area contributed by atoms with Gasteiger partial charge in [-0.15, -0.1) is 0 Å². The van der Waals surface area contributed by atoms with Crippen molar-refractivity contribution in [3.05, 3.63) is 29.8 Å². The zero-order chi connectivity index (χ0) is 24.8. The highest BCUT2D eigenvalue weighted by molar-refractivity contribution is 7.85. The zero-order valence-electron chi connectivity index (χ0n) is 18.8. The zero-order valence-corrected chi connectivity index (χ0v) is 20.4. The molecular weight excluding hydrogens is 460 g/mol. The van der Waals surface area contributed by atoms with Crippen LogP contribution >= 0.6 is 0 Å². The van der Waals surface area contributed by atoms with E-state index >= 15 is 0 Å². The van der Waals surface area contributed by atoms with E-state index in [0.717, 1.165) is 18.4 Å². The molecule has 0 radical (unpaired) electrons. The summed E-state index contributed by atoms with van der Waals surface area (Å²) >= 11 is -2.61. The van der Waals surface area contributed by atoms with Crippen LogP contribution in [0.2, 0.25) is 0 Å². The van der Waals surface area contributed by atoms with E-state index in [1.54, 1.807) is 12.1 Å². The molecular formula is C21H40O9S2. The minimum atomic E-state index is -4.10. The van der Waals surface area contributed by atoms with Crippen LogP contribution in [0.5, 0.6) is 0 Å². The molecule has 0 fully saturated rings. The van der Waals surface area contributed by atoms with Crippen LogP contribution in [0.4, 0.5) is 0 Å². The summed E-state index contributed by atoms with van der Waals surface area (Å²) in [6.07, 6.45) is 12.4. The molecule has 1 rings (SSSR count). The highest BCUT2D eigenvalue weighted by Crippen LogP contribution is 2.18. The van der Waals surface area contributed by atoms with Crippen LogP contribution in [0.3, 0.4) is 0 Å². The summed E-state index contributed by atoms with van der Waals surface area (Å²) in [6, 6.07) is 6.73. The highest BCUT2D eigenvalue weighted by Gasteiger charge is 2.13. The van der Waals surface area contributed by atoms with Crippen LogP contribution in [-0.2, 0) is 27.9 Å². The Morgan fingerprint density at radius 3 is 1.62 bits per heavy atom. The fourth-order valence-corrected chi connectivity index (χ4v) is 3.57. The molecule has 0 unspecified atom stereocenters. The average Bonchev–Trinajstić information content (AvgIpc) is 2.74. The van der Waals surface area contributed by atoms with Crippen molar-refractivity contribution < 1.29 is 41.6 Å². The molecule has 0 saturated heterocycles. The smallest absolute Gasteiger partial charge is 0.299 e. The number of hydrogen-bond acceptors (Lipinski definition) is 6. The molecule has 0 spiro atoms. The summed E-state index contributed by atoms with van der Waals surface area (Å²) in [4.78, 5) is 0.0610. The predicted molar refractivity (Wildman–Crippen MR) is 125 cm³/mol. The Balaban J connectivity index is 0. The quantitative estimate of drug-likeness (QED) is 0.127. The van der Waals surface area contributed by atoms with Crippen molar-refractivity contribution in [3.8, 4) is 0 Å². The fourth-order valence-electron chi connectivity index (χ4n) is 2.82. The van der Waals surface area contributed by atoms with E-state index in [-0.39, 0.29) is 18.1 Å². The summed E-state index contributed by atoms with van der Waals surface area (Å²) in [6.45, 7) is 1.51. The topological polar surface area (TPSA) is 173 Å². The van der Waals surface area contributed by atoms with E-state index in [9.17, 15) is 13.0 Å². The van der Waals surface area contributed by atoms with Gasteiger partial charge in [0, 0.05) is 0 Å². The second-order valence-corrected chi connectivity index (χ2v) is 9.12. The minimum Gasteiger partial charge on any atom is -0.394 e. The van der Waals surface area contributed by atoms with Gasteiger partial charge in [-0.3, -0.25) is 13.7 Å². The van der Waals surface area contributed by atoms with E-state index in [1.807, 2.05) is 6.07 Å². The lowest BCUT2D eigenvalue weighted by Crippen LogP contribution is -2.15.